The van der Waals surface area contributed by atoms with Crippen LogP contribution < -0.4 is 0 Å². The lowest BCUT2D eigenvalue weighted by atomic mass is 9.79. The normalized spacial score (nSPS) is 28.8. The summed E-state index contributed by atoms with van der Waals surface area (Å²) < 4.78 is 0. The maximum Gasteiger partial charge on any atom is 0.135 e. The van der Waals surface area contributed by atoms with Crippen molar-refractivity contribution in [2.24, 2.45) is 11.8 Å². The van der Waals surface area contributed by atoms with Crippen molar-refractivity contribution in [1.29, 1.82) is 0 Å². The van der Waals surface area contributed by atoms with Crippen LogP contribution in [0.15, 0.2) is 0 Å². The van der Waals surface area contributed by atoms with Crippen molar-refractivity contribution < 1.29 is 4.79 Å². The summed E-state index contributed by atoms with van der Waals surface area (Å²) in [5.74, 6) is 1.73. The number of unbranched alkanes of at least 4 members (excludes halogenated alkanes) is 1. The average molecular weight is 182 g/mol. The molecule has 0 bridgehead atoms. The number of rotatable bonds is 4. The number of carbonyl (C=O) groups excluding carboxylic acids is 1. The SMILES string of the molecule is CCCCC(=O)C1CCCC(C)C1. The first-order valence-electron chi connectivity index (χ1n) is 5.76. The lowest BCUT2D eigenvalue weighted by Crippen LogP contribution is -2.21. The van der Waals surface area contributed by atoms with E-state index in [0.717, 1.165) is 38.0 Å². The van der Waals surface area contributed by atoms with Crippen LogP contribution in [0, 0.1) is 11.8 Å². The highest BCUT2D eigenvalue weighted by Crippen LogP contribution is 2.30. The molecule has 1 aliphatic rings. The summed E-state index contributed by atoms with van der Waals surface area (Å²) in [4.78, 5) is 11.7. The molecule has 1 nitrogen and oxygen atoms in total. The Kier molecular flexibility index (Phi) is 4.47. The number of ketones is 1. The summed E-state index contributed by atoms with van der Waals surface area (Å²) in [5, 5.41) is 0. The Bertz CT molecular complexity index is 163. The number of carbonyl (C=O) groups is 1. The van der Waals surface area contributed by atoms with Gasteiger partial charge in [0, 0.05) is 12.3 Å². The zero-order chi connectivity index (χ0) is 9.68. The summed E-state index contributed by atoms with van der Waals surface area (Å²) in [7, 11) is 0. The molecule has 2 unspecified atom stereocenters. The third kappa shape index (κ3) is 3.50. The van der Waals surface area contributed by atoms with Crippen LogP contribution in [0.2, 0.25) is 0 Å². The van der Waals surface area contributed by atoms with Gasteiger partial charge in [-0.1, -0.05) is 33.1 Å². The van der Waals surface area contributed by atoms with Crippen LogP contribution in [0.4, 0.5) is 0 Å². The van der Waals surface area contributed by atoms with Crippen LogP contribution in [0.25, 0.3) is 0 Å². The Hall–Kier alpha value is -0.330. The van der Waals surface area contributed by atoms with Gasteiger partial charge in [-0.05, 0) is 25.2 Å². The van der Waals surface area contributed by atoms with Crippen molar-refractivity contribution in [2.75, 3.05) is 0 Å². The first-order valence-corrected chi connectivity index (χ1v) is 5.76. The van der Waals surface area contributed by atoms with Crippen molar-refractivity contribution in [3.63, 3.8) is 0 Å². The van der Waals surface area contributed by atoms with Crippen molar-refractivity contribution >= 4 is 5.78 Å². The van der Waals surface area contributed by atoms with E-state index in [1.807, 2.05) is 0 Å². The summed E-state index contributed by atoms with van der Waals surface area (Å²) >= 11 is 0. The first-order chi connectivity index (χ1) is 6.24. The van der Waals surface area contributed by atoms with Gasteiger partial charge in [-0.3, -0.25) is 4.79 Å². The van der Waals surface area contributed by atoms with Gasteiger partial charge in [0.25, 0.3) is 0 Å². The predicted molar refractivity (Wildman–Crippen MR) is 55.7 cm³/mol. The molecule has 1 aliphatic carbocycles. The molecule has 0 amide bonds. The second-order valence-electron chi connectivity index (χ2n) is 4.54. The molecular weight excluding hydrogens is 160 g/mol. The predicted octanol–water partition coefficient (Wildman–Crippen LogP) is 3.57. The molecule has 1 saturated carbocycles. The van der Waals surface area contributed by atoms with Crippen molar-refractivity contribution in [3.8, 4) is 0 Å². The molecule has 0 N–H and O–H groups in total. The smallest absolute Gasteiger partial charge is 0.135 e. The molecular formula is C12H22O. The fraction of sp³-hybridized carbons (Fsp3) is 0.917. The summed E-state index contributed by atoms with van der Waals surface area (Å²) in [6, 6.07) is 0. The molecule has 1 fully saturated rings. The highest BCUT2D eigenvalue weighted by molar-refractivity contribution is 5.81. The van der Waals surface area contributed by atoms with Gasteiger partial charge in [0.05, 0.1) is 0 Å². The molecule has 76 valence electrons. The van der Waals surface area contributed by atoms with Gasteiger partial charge in [0.1, 0.15) is 5.78 Å². The summed E-state index contributed by atoms with van der Waals surface area (Å²) in [6.45, 7) is 4.43. The van der Waals surface area contributed by atoms with E-state index in [1.54, 1.807) is 0 Å². The molecule has 2 atom stereocenters. The zero-order valence-electron chi connectivity index (χ0n) is 9.01. The van der Waals surface area contributed by atoms with Gasteiger partial charge in [-0.15, -0.1) is 0 Å². The molecule has 1 rings (SSSR count). The van der Waals surface area contributed by atoms with E-state index in [1.165, 1.54) is 12.8 Å². The third-order valence-electron chi connectivity index (χ3n) is 3.17. The number of hydrogen-bond donors (Lipinski definition) is 0. The van der Waals surface area contributed by atoms with Crippen LogP contribution in [0.1, 0.15) is 58.8 Å². The minimum Gasteiger partial charge on any atom is -0.299 e. The fourth-order valence-electron chi connectivity index (χ4n) is 2.28. The topological polar surface area (TPSA) is 17.1 Å². The van der Waals surface area contributed by atoms with E-state index in [0.29, 0.717) is 11.7 Å². The molecule has 13 heavy (non-hydrogen) atoms. The van der Waals surface area contributed by atoms with Gasteiger partial charge in [0.15, 0.2) is 0 Å². The van der Waals surface area contributed by atoms with E-state index in [-0.39, 0.29) is 0 Å². The molecule has 0 spiro atoms. The minimum absolute atomic E-state index is 0.412. The Morgan fingerprint density at radius 1 is 1.38 bits per heavy atom. The van der Waals surface area contributed by atoms with Crippen molar-refractivity contribution in [2.45, 2.75) is 58.8 Å². The van der Waals surface area contributed by atoms with Crippen molar-refractivity contribution in [3.05, 3.63) is 0 Å². The van der Waals surface area contributed by atoms with Gasteiger partial charge in [0.2, 0.25) is 0 Å². The lowest BCUT2D eigenvalue weighted by Gasteiger charge is -2.25. The van der Waals surface area contributed by atoms with Gasteiger partial charge < -0.3 is 0 Å². The third-order valence-corrected chi connectivity index (χ3v) is 3.17. The molecule has 0 aromatic carbocycles. The number of Topliss-reactive ketones (excluding diaryl/α,β-unsaturated/α-hetero) is 1. The maximum atomic E-state index is 11.7. The molecule has 0 aliphatic heterocycles. The molecule has 0 heterocycles. The van der Waals surface area contributed by atoms with Gasteiger partial charge in [-0.2, -0.15) is 0 Å². The first kappa shape index (κ1) is 10.7. The minimum atomic E-state index is 0.412. The second kappa shape index (κ2) is 5.41. The molecule has 0 aromatic heterocycles. The van der Waals surface area contributed by atoms with E-state index in [4.69, 9.17) is 0 Å². The average Bonchev–Trinajstić information content (AvgIpc) is 2.14. The molecule has 1 heteroatoms. The monoisotopic (exact) mass is 182 g/mol. The van der Waals surface area contributed by atoms with Crippen LogP contribution in [0.3, 0.4) is 0 Å². The van der Waals surface area contributed by atoms with Gasteiger partial charge >= 0.3 is 0 Å². The Balaban J connectivity index is 2.28. The van der Waals surface area contributed by atoms with Gasteiger partial charge in [-0.25, -0.2) is 0 Å². The van der Waals surface area contributed by atoms with Crippen LogP contribution in [-0.4, -0.2) is 5.78 Å². The van der Waals surface area contributed by atoms with Crippen LogP contribution in [-0.2, 0) is 4.79 Å². The van der Waals surface area contributed by atoms with Crippen molar-refractivity contribution in [1.82, 2.24) is 0 Å². The van der Waals surface area contributed by atoms with E-state index >= 15 is 0 Å². The quantitative estimate of drug-likeness (QED) is 0.649. The number of hydrogen-bond acceptors (Lipinski definition) is 1. The lowest BCUT2D eigenvalue weighted by molar-refractivity contribution is -0.124. The zero-order valence-corrected chi connectivity index (χ0v) is 9.01. The summed E-state index contributed by atoms with van der Waals surface area (Å²) in [5.41, 5.74) is 0. The highest BCUT2D eigenvalue weighted by atomic mass is 16.1. The summed E-state index contributed by atoms with van der Waals surface area (Å²) in [6.07, 6.45) is 7.97. The maximum absolute atomic E-state index is 11.7. The van der Waals surface area contributed by atoms with E-state index in [9.17, 15) is 4.79 Å². The van der Waals surface area contributed by atoms with E-state index < -0.39 is 0 Å². The Morgan fingerprint density at radius 2 is 2.15 bits per heavy atom. The Morgan fingerprint density at radius 3 is 2.77 bits per heavy atom. The van der Waals surface area contributed by atoms with E-state index in [2.05, 4.69) is 13.8 Å². The highest BCUT2D eigenvalue weighted by Gasteiger charge is 2.23. The fourth-order valence-corrected chi connectivity index (χ4v) is 2.28. The molecule has 0 saturated heterocycles. The molecule has 0 aromatic rings. The second-order valence-corrected chi connectivity index (χ2v) is 4.54. The van der Waals surface area contributed by atoms with Crippen LogP contribution >= 0.6 is 0 Å². The largest absolute Gasteiger partial charge is 0.299 e. The van der Waals surface area contributed by atoms with Crippen LogP contribution in [0.5, 0.6) is 0 Å². The molecule has 0 radical (unpaired) electrons. The Labute approximate surface area is 81.9 Å². The standard InChI is InChI=1S/C12H22O/c1-3-4-8-12(13)11-7-5-6-10(2)9-11/h10-11H,3-9H2,1-2H3.